The van der Waals surface area contributed by atoms with E-state index in [0.29, 0.717) is 0 Å². The van der Waals surface area contributed by atoms with Gasteiger partial charge in [-0.3, -0.25) is 4.79 Å². The first-order chi connectivity index (χ1) is 10.7. The van der Waals surface area contributed by atoms with Gasteiger partial charge in [0.15, 0.2) is 0 Å². The van der Waals surface area contributed by atoms with Gasteiger partial charge in [0.1, 0.15) is 6.04 Å². The van der Waals surface area contributed by atoms with Gasteiger partial charge in [-0.2, -0.15) is 0 Å². The van der Waals surface area contributed by atoms with Gasteiger partial charge in [0.05, 0.1) is 0 Å². The molecule has 0 fully saturated rings. The molecular formula is C19H20N2O. The first kappa shape index (κ1) is 13.4. The lowest BCUT2D eigenvalue weighted by Gasteiger charge is -2.31. The number of benzene rings is 2. The summed E-state index contributed by atoms with van der Waals surface area (Å²) >= 11 is 0. The van der Waals surface area contributed by atoms with Crippen molar-refractivity contribution < 1.29 is 4.79 Å². The predicted octanol–water partition coefficient (Wildman–Crippen LogP) is 2.92. The van der Waals surface area contributed by atoms with Crippen molar-refractivity contribution in [1.29, 1.82) is 0 Å². The highest BCUT2D eigenvalue weighted by molar-refractivity contribution is 5.88. The summed E-state index contributed by atoms with van der Waals surface area (Å²) in [5, 5.41) is 3.43. The fourth-order valence-corrected chi connectivity index (χ4v) is 3.60. The third-order valence-electron chi connectivity index (χ3n) is 4.84. The normalized spacial score (nSPS) is 19.3. The maximum absolute atomic E-state index is 12.9. The molecule has 0 aliphatic carbocycles. The highest BCUT2D eigenvalue weighted by atomic mass is 16.2. The van der Waals surface area contributed by atoms with Crippen LogP contribution in [0.3, 0.4) is 0 Å². The molecule has 112 valence electrons. The molecule has 1 unspecified atom stereocenters. The minimum atomic E-state index is -0.110. The Kier molecular flexibility index (Phi) is 3.14. The third kappa shape index (κ3) is 2.17. The number of fused-ring (bicyclic) bond motifs is 2. The lowest BCUT2D eigenvalue weighted by molar-refractivity contribution is -0.132. The van der Waals surface area contributed by atoms with Crippen LogP contribution in [0.4, 0.5) is 5.69 Å². The van der Waals surface area contributed by atoms with Crippen molar-refractivity contribution >= 4 is 11.6 Å². The highest BCUT2D eigenvalue weighted by Gasteiger charge is 2.32. The minimum Gasteiger partial charge on any atom is -0.373 e. The molecule has 2 heterocycles. The Morgan fingerprint density at radius 1 is 1.09 bits per heavy atom. The van der Waals surface area contributed by atoms with Crippen molar-refractivity contribution in [3.8, 4) is 0 Å². The summed E-state index contributed by atoms with van der Waals surface area (Å²) in [5.41, 5.74) is 6.30. The predicted molar refractivity (Wildman–Crippen MR) is 87.9 cm³/mol. The zero-order chi connectivity index (χ0) is 15.1. The Bertz CT molecular complexity index is 738. The SMILES string of the molecule is Cc1cccc2c1NC(C(=O)N1CCc3ccccc3C1)C2. The molecule has 0 saturated carbocycles. The molecule has 1 amide bonds. The van der Waals surface area contributed by atoms with Crippen LogP contribution in [0, 0.1) is 6.92 Å². The molecule has 3 heteroatoms. The van der Waals surface area contributed by atoms with E-state index in [0.717, 1.165) is 31.6 Å². The largest absolute Gasteiger partial charge is 0.373 e. The van der Waals surface area contributed by atoms with Gasteiger partial charge in [-0.05, 0) is 35.6 Å². The number of carbonyl (C=O) groups excluding carboxylic acids is 1. The van der Waals surface area contributed by atoms with Gasteiger partial charge >= 0.3 is 0 Å². The molecule has 3 nitrogen and oxygen atoms in total. The molecule has 2 aromatic rings. The maximum Gasteiger partial charge on any atom is 0.245 e. The molecule has 22 heavy (non-hydrogen) atoms. The van der Waals surface area contributed by atoms with Gasteiger partial charge < -0.3 is 10.2 Å². The number of anilines is 1. The first-order valence-electron chi connectivity index (χ1n) is 7.93. The van der Waals surface area contributed by atoms with E-state index >= 15 is 0 Å². The lowest BCUT2D eigenvalue weighted by Crippen LogP contribution is -2.44. The summed E-state index contributed by atoms with van der Waals surface area (Å²) in [7, 11) is 0. The minimum absolute atomic E-state index is 0.110. The number of nitrogens with one attached hydrogen (secondary N) is 1. The second-order valence-electron chi connectivity index (χ2n) is 6.29. The van der Waals surface area contributed by atoms with Gasteiger partial charge in [-0.15, -0.1) is 0 Å². The fraction of sp³-hybridized carbons (Fsp3) is 0.316. The molecule has 2 aliphatic rings. The molecule has 0 radical (unpaired) electrons. The molecule has 1 atom stereocenters. The monoisotopic (exact) mass is 292 g/mol. The van der Waals surface area contributed by atoms with Crippen LogP contribution in [0.2, 0.25) is 0 Å². The number of aryl methyl sites for hydroxylation is 1. The molecular weight excluding hydrogens is 272 g/mol. The van der Waals surface area contributed by atoms with Gasteiger partial charge in [0.2, 0.25) is 5.91 Å². The van der Waals surface area contributed by atoms with Crippen molar-refractivity contribution in [3.63, 3.8) is 0 Å². The molecule has 0 saturated heterocycles. The Morgan fingerprint density at radius 2 is 1.86 bits per heavy atom. The van der Waals surface area contributed by atoms with Crippen molar-refractivity contribution in [2.24, 2.45) is 0 Å². The van der Waals surface area contributed by atoms with E-state index in [-0.39, 0.29) is 11.9 Å². The number of nitrogens with zero attached hydrogens (tertiary/aromatic N) is 1. The van der Waals surface area contributed by atoms with Gasteiger partial charge in [0, 0.05) is 25.2 Å². The van der Waals surface area contributed by atoms with Crippen LogP contribution in [0.25, 0.3) is 0 Å². The van der Waals surface area contributed by atoms with E-state index in [4.69, 9.17) is 0 Å². The lowest BCUT2D eigenvalue weighted by atomic mass is 9.99. The van der Waals surface area contributed by atoms with Crippen LogP contribution in [-0.2, 0) is 24.2 Å². The van der Waals surface area contributed by atoms with Crippen molar-refractivity contribution in [1.82, 2.24) is 4.90 Å². The molecule has 4 rings (SSSR count). The Morgan fingerprint density at radius 3 is 2.68 bits per heavy atom. The summed E-state index contributed by atoms with van der Waals surface area (Å²) in [6, 6.07) is 14.6. The maximum atomic E-state index is 12.9. The van der Waals surface area contributed by atoms with Crippen LogP contribution in [0.1, 0.15) is 22.3 Å². The second-order valence-corrected chi connectivity index (χ2v) is 6.29. The van der Waals surface area contributed by atoms with Gasteiger partial charge in [0.25, 0.3) is 0 Å². The van der Waals surface area contributed by atoms with Crippen LogP contribution in [0.5, 0.6) is 0 Å². The standard InChI is InChI=1S/C19H20N2O/c1-13-5-4-8-15-11-17(20-18(13)15)19(22)21-10-9-14-6-2-3-7-16(14)12-21/h2-8,17,20H,9-12H2,1H3. The van der Waals surface area contributed by atoms with E-state index in [9.17, 15) is 4.79 Å². The van der Waals surface area contributed by atoms with Crippen molar-refractivity contribution in [3.05, 3.63) is 64.7 Å². The molecule has 0 spiro atoms. The molecule has 2 aliphatic heterocycles. The molecule has 2 aromatic carbocycles. The van der Waals surface area contributed by atoms with E-state index in [1.165, 1.54) is 22.3 Å². The van der Waals surface area contributed by atoms with E-state index in [2.05, 4.69) is 54.7 Å². The quantitative estimate of drug-likeness (QED) is 0.876. The van der Waals surface area contributed by atoms with Crippen LogP contribution in [-0.4, -0.2) is 23.4 Å². The van der Waals surface area contributed by atoms with Gasteiger partial charge in [-0.1, -0.05) is 42.5 Å². The summed E-state index contributed by atoms with van der Waals surface area (Å²) in [4.78, 5) is 14.9. The average Bonchev–Trinajstić information content (AvgIpc) is 2.99. The number of rotatable bonds is 1. The zero-order valence-corrected chi connectivity index (χ0v) is 12.8. The highest BCUT2D eigenvalue weighted by Crippen LogP contribution is 2.30. The number of carbonyl (C=O) groups is 1. The van der Waals surface area contributed by atoms with Gasteiger partial charge in [-0.25, -0.2) is 0 Å². The Labute approximate surface area is 131 Å². The summed E-state index contributed by atoms with van der Waals surface area (Å²) < 4.78 is 0. The third-order valence-corrected chi connectivity index (χ3v) is 4.84. The molecule has 0 aromatic heterocycles. The Hall–Kier alpha value is -2.29. The second kappa shape index (κ2) is 5.16. The first-order valence-corrected chi connectivity index (χ1v) is 7.93. The van der Waals surface area contributed by atoms with Crippen molar-refractivity contribution in [2.75, 3.05) is 11.9 Å². The van der Waals surface area contributed by atoms with E-state index < -0.39 is 0 Å². The van der Waals surface area contributed by atoms with Crippen LogP contribution in [0.15, 0.2) is 42.5 Å². The molecule has 0 bridgehead atoms. The Balaban J connectivity index is 1.52. The van der Waals surface area contributed by atoms with E-state index in [1.54, 1.807) is 0 Å². The average molecular weight is 292 g/mol. The smallest absolute Gasteiger partial charge is 0.245 e. The molecule has 1 N–H and O–H groups in total. The summed E-state index contributed by atoms with van der Waals surface area (Å²) in [6.45, 7) is 3.65. The van der Waals surface area contributed by atoms with E-state index in [1.807, 2.05) is 4.90 Å². The number of para-hydroxylation sites is 1. The number of hydrogen-bond donors (Lipinski definition) is 1. The van der Waals surface area contributed by atoms with Crippen LogP contribution < -0.4 is 5.32 Å². The van der Waals surface area contributed by atoms with Crippen molar-refractivity contribution in [2.45, 2.75) is 32.4 Å². The fourth-order valence-electron chi connectivity index (χ4n) is 3.60. The number of amides is 1. The zero-order valence-electron chi connectivity index (χ0n) is 12.8. The number of hydrogen-bond acceptors (Lipinski definition) is 2. The summed E-state index contributed by atoms with van der Waals surface area (Å²) in [5.74, 6) is 0.227. The summed E-state index contributed by atoms with van der Waals surface area (Å²) in [6.07, 6.45) is 1.76. The topological polar surface area (TPSA) is 32.3 Å². The van der Waals surface area contributed by atoms with Crippen LogP contribution >= 0.6 is 0 Å².